The molecule has 4 rings (SSSR count). The Labute approximate surface area is 174 Å². The van der Waals surface area contributed by atoms with Crippen molar-refractivity contribution >= 4 is 23.2 Å². The van der Waals surface area contributed by atoms with E-state index in [2.05, 4.69) is 25.7 Å². The number of methoxy groups -OCH3 is 1. The van der Waals surface area contributed by atoms with E-state index in [4.69, 9.17) is 9.47 Å². The van der Waals surface area contributed by atoms with Gasteiger partial charge in [-0.15, -0.1) is 10.2 Å². The van der Waals surface area contributed by atoms with Crippen LogP contribution in [-0.4, -0.2) is 49.6 Å². The van der Waals surface area contributed by atoms with E-state index in [0.717, 1.165) is 30.2 Å². The predicted octanol–water partition coefficient (Wildman–Crippen LogP) is 3.63. The molecule has 0 aliphatic carbocycles. The number of nitrogens with one attached hydrogen (secondary N) is 2. The summed E-state index contributed by atoms with van der Waals surface area (Å²) in [6.45, 7) is 3.07. The third kappa shape index (κ3) is 4.66. The fraction of sp³-hybridized carbons (Fsp3) is 0.227. The minimum atomic E-state index is -0.345. The van der Waals surface area contributed by atoms with Crippen LogP contribution in [0.4, 0.5) is 22.0 Å². The molecule has 1 saturated heterocycles. The second-order valence-corrected chi connectivity index (χ2v) is 6.73. The molecule has 8 heteroatoms. The van der Waals surface area contributed by atoms with Crippen LogP contribution in [0.1, 0.15) is 0 Å². The number of nitrogens with zero attached hydrogens (tertiary/aromatic N) is 3. The number of morpholine rings is 1. The third-order valence-corrected chi connectivity index (χ3v) is 4.78. The van der Waals surface area contributed by atoms with Gasteiger partial charge in [-0.05, 0) is 36.4 Å². The van der Waals surface area contributed by atoms with E-state index in [9.17, 15) is 4.79 Å². The third-order valence-electron chi connectivity index (χ3n) is 4.78. The highest BCUT2D eigenvalue weighted by molar-refractivity contribution is 6.00. The fourth-order valence-corrected chi connectivity index (χ4v) is 3.20. The molecule has 1 fully saturated rings. The van der Waals surface area contributed by atoms with Crippen LogP contribution < -0.4 is 20.3 Å². The molecule has 2 heterocycles. The molecule has 1 aromatic heterocycles. The summed E-state index contributed by atoms with van der Waals surface area (Å²) in [6.07, 6.45) is 0. The van der Waals surface area contributed by atoms with Crippen molar-refractivity contribution in [3.05, 3.63) is 60.7 Å². The van der Waals surface area contributed by atoms with E-state index >= 15 is 0 Å². The van der Waals surface area contributed by atoms with Crippen LogP contribution in [0.5, 0.6) is 5.75 Å². The summed E-state index contributed by atoms with van der Waals surface area (Å²) in [5, 5.41) is 14.3. The summed E-state index contributed by atoms with van der Waals surface area (Å²) in [5.74, 6) is 1.45. The number of hydrogen-bond donors (Lipinski definition) is 2. The quantitative estimate of drug-likeness (QED) is 0.674. The standard InChI is InChI=1S/C22H23N5O3/c1-29-20-5-3-2-4-19(20)24-22(28)23-17-8-6-16(7-9-17)18-10-11-21(26-25-18)27-12-14-30-15-13-27/h2-11H,12-15H2,1H3,(H2,23,24,28). The van der Waals surface area contributed by atoms with Crippen molar-refractivity contribution in [3.63, 3.8) is 0 Å². The largest absolute Gasteiger partial charge is 0.495 e. The van der Waals surface area contributed by atoms with Crippen LogP contribution in [0.3, 0.4) is 0 Å². The van der Waals surface area contributed by atoms with Gasteiger partial charge in [0.2, 0.25) is 0 Å². The van der Waals surface area contributed by atoms with Crippen LogP contribution in [0, 0.1) is 0 Å². The summed E-state index contributed by atoms with van der Waals surface area (Å²) in [4.78, 5) is 14.4. The zero-order valence-electron chi connectivity index (χ0n) is 16.7. The Kier molecular flexibility index (Phi) is 6.05. The molecule has 2 aromatic carbocycles. The first-order valence-corrected chi connectivity index (χ1v) is 9.71. The molecule has 2 amide bonds. The Bertz CT molecular complexity index is 986. The molecule has 0 unspecified atom stereocenters. The number of aromatic nitrogens is 2. The molecule has 1 aliphatic heterocycles. The predicted molar refractivity (Wildman–Crippen MR) is 116 cm³/mol. The van der Waals surface area contributed by atoms with Crippen LogP contribution in [0.25, 0.3) is 11.3 Å². The first kappa shape index (κ1) is 19.7. The Morgan fingerprint density at radius 1 is 0.967 bits per heavy atom. The number of urea groups is 1. The average molecular weight is 405 g/mol. The van der Waals surface area contributed by atoms with Gasteiger partial charge in [0.05, 0.1) is 31.7 Å². The summed E-state index contributed by atoms with van der Waals surface area (Å²) in [5.41, 5.74) is 2.97. The Morgan fingerprint density at radius 2 is 1.73 bits per heavy atom. The van der Waals surface area contributed by atoms with Crippen molar-refractivity contribution in [3.8, 4) is 17.0 Å². The molecule has 0 saturated carbocycles. The van der Waals surface area contributed by atoms with Gasteiger partial charge >= 0.3 is 6.03 Å². The zero-order chi connectivity index (χ0) is 20.8. The van der Waals surface area contributed by atoms with E-state index in [0.29, 0.717) is 30.3 Å². The summed E-state index contributed by atoms with van der Waals surface area (Å²) in [6, 6.07) is 18.3. The first-order chi connectivity index (χ1) is 14.7. The summed E-state index contributed by atoms with van der Waals surface area (Å²) < 4.78 is 10.6. The highest BCUT2D eigenvalue weighted by atomic mass is 16.5. The van der Waals surface area contributed by atoms with Crippen molar-refractivity contribution in [1.82, 2.24) is 10.2 Å². The zero-order valence-corrected chi connectivity index (χ0v) is 16.7. The van der Waals surface area contributed by atoms with Crippen molar-refractivity contribution in [1.29, 1.82) is 0 Å². The lowest BCUT2D eigenvalue weighted by Crippen LogP contribution is -2.36. The van der Waals surface area contributed by atoms with Crippen molar-refractivity contribution < 1.29 is 14.3 Å². The van der Waals surface area contributed by atoms with E-state index in [1.54, 1.807) is 19.2 Å². The molecule has 1 aliphatic rings. The van der Waals surface area contributed by atoms with E-state index in [1.807, 2.05) is 48.5 Å². The molecule has 0 spiro atoms. The molecular weight excluding hydrogens is 382 g/mol. The minimum absolute atomic E-state index is 0.345. The monoisotopic (exact) mass is 405 g/mol. The summed E-state index contributed by atoms with van der Waals surface area (Å²) in [7, 11) is 1.56. The highest BCUT2D eigenvalue weighted by Crippen LogP contribution is 2.24. The maximum Gasteiger partial charge on any atom is 0.323 e. The van der Waals surface area contributed by atoms with E-state index in [1.165, 1.54) is 0 Å². The summed E-state index contributed by atoms with van der Waals surface area (Å²) >= 11 is 0. The molecule has 30 heavy (non-hydrogen) atoms. The lowest BCUT2D eigenvalue weighted by Gasteiger charge is -2.27. The number of amides is 2. The average Bonchev–Trinajstić information content (AvgIpc) is 2.80. The second-order valence-electron chi connectivity index (χ2n) is 6.73. The Balaban J connectivity index is 1.38. The molecule has 0 atom stereocenters. The lowest BCUT2D eigenvalue weighted by molar-refractivity contribution is 0.122. The van der Waals surface area contributed by atoms with Gasteiger partial charge < -0.3 is 25.0 Å². The van der Waals surface area contributed by atoms with Crippen molar-refractivity contribution in [2.24, 2.45) is 0 Å². The Morgan fingerprint density at radius 3 is 2.43 bits per heavy atom. The van der Waals surface area contributed by atoms with Gasteiger partial charge in [0.25, 0.3) is 0 Å². The van der Waals surface area contributed by atoms with Gasteiger partial charge in [-0.2, -0.15) is 0 Å². The molecule has 154 valence electrons. The van der Waals surface area contributed by atoms with Gasteiger partial charge in [0.1, 0.15) is 5.75 Å². The first-order valence-electron chi connectivity index (χ1n) is 9.71. The van der Waals surface area contributed by atoms with Gasteiger partial charge in [0.15, 0.2) is 5.82 Å². The molecule has 3 aromatic rings. The molecule has 2 N–H and O–H groups in total. The molecule has 0 radical (unpaired) electrons. The van der Waals surface area contributed by atoms with Gasteiger partial charge in [0, 0.05) is 24.3 Å². The molecule has 0 bridgehead atoms. The second kappa shape index (κ2) is 9.23. The number of anilines is 3. The smallest absolute Gasteiger partial charge is 0.323 e. The fourth-order valence-electron chi connectivity index (χ4n) is 3.20. The normalized spacial score (nSPS) is 13.6. The van der Waals surface area contributed by atoms with Crippen LogP contribution >= 0.6 is 0 Å². The minimum Gasteiger partial charge on any atom is -0.495 e. The highest BCUT2D eigenvalue weighted by Gasteiger charge is 2.13. The van der Waals surface area contributed by atoms with Crippen LogP contribution in [-0.2, 0) is 4.74 Å². The van der Waals surface area contributed by atoms with Crippen molar-refractivity contribution in [2.75, 3.05) is 48.9 Å². The topological polar surface area (TPSA) is 88.6 Å². The molecule has 8 nitrogen and oxygen atoms in total. The van der Waals surface area contributed by atoms with Crippen LogP contribution in [0.15, 0.2) is 60.7 Å². The number of carbonyl (C=O) groups excluding carboxylic acids is 1. The van der Waals surface area contributed by atoms with Crippen LogP contribution in [0.2, 0.25) is 0 Å². The van der Waals surface area contributed by atoms with Crippen molar-refractivity contribution in [2.45, 2.75) is 0 Å². The maximum absolute atomic E-state index is 12.3. The lowest BCUT2D eigenvalue weighted by atomic mass is 10.1. The van der Waals surface area contributed by atoms with Gasteiger partial charge in [-0.25, -0.2) is 4.79 Å². The number of ether oxygens (including phenoxy) is 2. The number of carbonyl (C=O) groups is 1. The van der Waals surface area contributed by atoms with E-state index < -0.39 is 0 Å². The van der Waals surface area contributed by atoms with E-state index in [-0.39, 0.29) is 6.03 Å². The molecular formula is C22H23N5O3. The SMILES string of the molecule is COc1ccccc1NC(=O)Nc1ccc(-c2ccc(N3CCOCC3)nn2)cc1. The number of rotatable bonds is 5. The Hall–Kier alpha value is -3.65. The number of hydrogen-bond acceptors (Lipinski definition) is 6. The van der Waals surface area contributed by atoms with Gasteiger partial charge in [-0.1, -0.05) is 24.3 Å². The number of para-hydroxylation sites is 2. The van der Waals surface area contributed by atoms with Gasteiger partial charge in [-0.3, -0.25) is 0 Å². The maximum atomic E-state index is 12.3. The number of benzene rings is 2.